The zero-order chi connectivity index (χ0) is 21.6. The number of carboxylic acid groups (broad SMARTS) is 1. The smallest absolute Gasteiger partial charge is 0.320 e. The van der Waals surface area contributed by atoms with Crippen molar-refractivity contribution in [2.24, 2.45) is 0 Å². The van der Waals surface area contributed by atoms with E-state index in [-0.39, 0.29) is 6.04 Å². The molecule has 0 amide bonds. The predicted octanol–water partition coefficient (Wildman–Crippen LogP) is 5.68. The van der Waals surface area contributed by atoms with Gasteiger partial charge in [-0.25, -0.2) is 0 Å². The van der Waals surface area contributed by atoms with Gasteiger partial charge >= 0.3 is 5.97 Å². The molecule has 0 bridgehead atoms. The SMILES string of the molecule is Cc1c(COc2ccc(CN3CCCCC3C(=O)O)cc2)cccc1-c1ccccc1. The Labute approximate surface area is 184 Å². The maximum absolute atomic E-state index is 11.5. The van der Waals surface area contributed by atoms with E-state index >= 15 is 0 Å². The highest BCUT2D eigenvalue weighted by molar-refractivity contribution is 5.73. The Bertz CT molecular complexity index is 1010. The number of aliphatic carboxylic acids is 1. The lowest BCUT2D eigenvalue weighted by Crippen LogP contribution is -2.43. The van der Waals surface area contributed by atoms with Crippen LogP contribution in [0.3, 0.4) is 0 Å². The topological polar surface area (TPSA) is 49.8 Å². The van der Waals surface area contributed by atoms with E-state index in [1.807, 2.05) is 30.3 Å². The molecule has 160 valence electrons. The molecule has 1 aliphatic rings. The molecular weight excluding hydrogens is 386 g/mol. The van der Waals surface area contributed by atoms with Crippen molar-refractivity contribution in [3.05, 3.63) is 89.5 Å². The van der Waals surface area contributed by atoms with Gasteiger partial charge in [0.1, 0.15) is 18.4 Å². The Hall–Kier alpha value is -3.11. The molecule has 3 aromatic carbocycles. The van der Waals surface area contributed by atoms with E-state index in [0.717, 1.165) is 37.1 Å². The molecule has 1 atom stereocenters. The van der Waals surface area contributed by atoms with Gasteiger partial charge in [0.05, 0.1) is 0 Å². The average Bonchev–Trinajstić information content (AvgIpc) is 2.80. The molecule has 0 radical (unpaired) electrons. The molecule has 1 fully saturated rings. The van der Waals surface area contributed by atoms with Crippen LogP contribution >= 0.6 is 0 Å². The average molecular weight is 416 g/mol. The molecule has 0 saturated carbocycles. The number of ether oxygens (including phenoxy) is 1. The van der Waals surface area contributed by atoms with Crippen molar-refractivity contribution < 1.29 is 14.6 Å². The number of carboxylic acids is 1. The summed E-state index contributed by atoms with van der Waals surface area (Å²) >= 11 is 0. The molecular formula is C27H29NO3. The van der Waals surface area contributed by atoms with Gasteiger partial charge in [0.2, 0.25) is 0 Å². The predicted molar refractivity (Wildman–Crippen MR) is 123 cm³/mol. The summed E-state index contributed by atoms with van der Waals surface area (Å²) in [5, 5.41) is 9.46. The summed E-state index contributed by atoms with van der Waals surface area (Å²) in [7, 11) is 0. The van der Waals surface area contributed by atoms with Gasteiger partial charge in [-0.2, -0.15) is 0 Å². The third-order valence-electron chi connectivity index (χ3n) is 6.13. The van der Waals surface area contributed by atoms with Crippen molar-refractivity contribution in [3.8, 4) is 16.9 Å². The monoisotopic (exact) mass is 415 g/mol. The third-order valence-corrected chi connectivity index (χ3v) is 6.13. The van der Waals surface area contributed by atoms with Crippen LogP contribution in [-0.4, -0.2) is 28.6 Å². The van der Waals surface area contributed by atoms with Crippen LogP contribution in [0.4, 0.5) is 0 Å². The standard InChI is InChI=1S/C27H29NO3/c1-20-23(10-7-11-25(20)22-8-3-2-4-9-22)19-31-24-15-13-21(14-16-24)18-28-17-6-5-12-26(28)27(29)30/h2-4,7-11,13-16,26H,5-6,12,17-19H2,1H3,(H,29,30). The molecule has 3 aromatic rings. The Morgan fingerprint density at radius 3 is 2.52 bits per heavy atom. The second kappa shape index (κ2) is 9.80. The molecule has 1 aliphatic heterocycles. The van der Waals surface area contributed by atoms with Crippen molar-refractivity contribution in [1.29, 1.82) is 0 Å². The molecule has 4 nitrogen and oxygen atoms in total. The van der Waals surface area contributed by atoms with Crippen molar-refractivity contribution in [3.63, 3.8) is 0 Å². The first kappa shape index (κ1) is 21.1. The van der Waals surface area contributed by atoms with Crippen molar-refractivity contribution >= 4 is 5.97 Å². The highest BCUT2D eigenvalue weighted by Gasteiger charge is 2.28. The third kappa shape index (κ3) is 5.15. The summed E-state index contributed by atoms with van der Waals surface area (Å²) < 4.78 is 6.06. The number of rotatable bonds is 7. The number of hydrogen-bond acceptors (Lipinski definition) is 3. The van der Waals surface area contributed by atoms with E-state index in [1.54, 1.807) is 0 Å². The minimum absolute atomic E-state index is 0.371. The molecule has 0 spiro atoms. The van der Waals surface area contributed by atoms with E-state index in [0.29, 0.717) is 13.2 Å². The van der Waals surface area contributed by atoms with Crippen LogP contribution < -0.4 is 4.74 Å². The summed E-state index contributed by atoms with van der Waals surface area (Å²) in [6.07, 6.45) is 2.79. The zero-order valence-electron chi connectivity index (χ0n) is 18.0. The second-order valence-electron chi connectivity index (χ2n) is 8.21. The minimum Gasteiger partial charge on any atom is -0.489 e. The molecule has 0 aromatic heterocycles. The molecule has 31 heavy (non-hydrogen) atoms. The highest BCUT2D eigenvalue weighted by Crippen LogP contribution is 2.27. The first-order valence-electron chi connectivity index (χ1n) is 10.9. The maximum atomic E-state index is 11.5. The van der Waals surface area contributed by atoms with Gasteiger partial charge in [0, 0.05) is 6.54 Å². The molecule has 4 rings (SSSR count). The Kier molecular flexibility index (Phi) is 6.68. The largest absolute Gasteiger partial charge is 0.489 e. The van der Waals surface area contributed by atoms with Gasteiger partial charge in [-0.1, -0.05) is 67.1 Å². The number of benzene rings is 3. The number of nitrogens with zero attached hydrogens (tertiary/aromatic N) is 1. The molecule has 4 heteroatoms. The van der Waals surface area contributed by atoms with E-state index in [2.05, 4.69) is 54.3 Å². The first-order valence-corrected chi connectivity index (χ1v) is 10.9. The Balaban J connectivity index is 1.39. The number of hydrogen-bond donors (Lipinski definition) is 1. The summed E-state index contributed by atoms with van der Waals surface area (Å²) in [5.41, 5.74) is 5.95. The van der Waals surface area contributed by atoms with Gasteiger partial charge in [0.25, 0.3) is 0 Å². The van der Waals surface area contributed by atoms with Crippen LogP contribution in [0.15, 0.2) is 72.8 Å². The van der Waals surface area contributed by atoms with Crippen LogP contribution in [0.5, 0.6) is 5.75 Å². The van der Waals surface area contributed by atoms with E-state index in [9.17, 15) is 9.90 Å². The first-order chi connectivity index (χ1) is 15.1. The zero-order valence-corrected chi connectivity index (χ0v) is 18.0. The van der Waals surface area contributed by atoms with Crippen molar-refractivity contribution in [1.82, 2.24) is 4.90 Å². The van der Waals surface area contributed by atoms with Gasteiger partial charge in [-0.3, -0.25) is 9.69 Å². The highest BCUT2D eigenvalue weighted by atomic mass is 16.5. The van der Waals surface area contributed by atoms with E-state index in [1.165, 1.54) is 22.3 Å². The minimum atomic E-state index is -0.715. The second-order valence-corrected chi connectivity index (χ2v) is 8.21. The van der Waals surface area contributed by atoms with Gasteiger partial charge < -0.3 is 9.84 Å². The van der Waals surface area contributed by atoms with Gasteiger partial charge in [-0.05, 0) is 66.3 Å². The number of piperidine rings is 1. The number of carbonyl (C=O) groups is 1. The van der Waals surface area contributed by atoms with Gasteiger partial charge in [-0.15, -0.1) is 0 Å². The Morgan fingerprint density at radius 2 is 1.77 bits per heavy atom. The van der Waals surface area contributed by atoms with Crippen LogP contribution in [0.2, 0.25) is 0 Å². The summed E-state index contributed by atoms with van der Waals surface area (Å²) in [6.45, 7) is 4.16. The van der Waals surface area contributed by atoms with E-state index < -0.39 is 5.97 Å². The summed E-state index contributed by atoms with van der Waals surface area (Å²) in [5.74, 6) is 0.106. The number of likely N-dealkylation sites (tertiary alicyclic amines) is 1. The fourth-order valence-electron chi connectivity index (χ4n) is 4.32. The Morgan fingerprint density at radius 1 is 1.00 bits per heavy atom. The lowest BCUT2D eigenvalue weighted by Gasteiger charge is -2.32. The van der Waals surface area contributed by atoms with E-state index in [4.69, 9.17) is 4.74 Å². The summed E-state index contributed by atoms with van der Waals surface area (Å²) in [4.78, 5) is 13.6. The van der Waals surface area contributed by atoms with Crippen LogP contribution in [-0.2, 0) is 17.9 Å². The summed E-state index contributed by atoms with van der Waals surface area (Å²) in [6, 6.07) is 24.4. The normalized spacial score (nSPS) is 16.7. The fourth-order valence-corrected chi connectivity index (χ4v) is 4.32. The molecule has 1 unspecified atom stereocenters. The lowest BCUT2D eigenvalue weighted by atomic mass is 9.97. The maximum Gasteiger partial charge on any atom is 0.320 e. The van der Waals surface area contributed by atoms with Crippen molar-refractivity contribution in [2.75, 3.05) is 6.54 Å². The van der Waals surface area contributed by atoms with Gasteiger partial charge in [0.15, 0.2) is 0 Å². The molecule has 1 heterocycles. The van der Waals surface area contributed by atoms with Crippen LogP contribution in [0.25, 0.3) is 11.1 Å². The fraction of sp³-hybridized carbons (Fsp3) is 0.296. The lowest BCUT2D eigenvalue weighted by molar-refractivity contribution is -0.144. The molecule has 1 N–H and O–H groups in total. The van der Waals surface area contributed by atoms with Crippen molar-refractivity contribution in [2.45, 2.75) is 45.4 Å². The van der Waals surface area contributed by atoms with Crippen LogP contribution in [0, 0.1) is 6.92 Å². The van der Waals surface area contributed by atoms with Crippen LogP contribution in [0.1, 0.15) is 36.0 Å². The quantitative estimate of drug-likeness (QED) is 0.539. The molecule has 0 aliphatic carbocycles. The molecule has 1 saturated heterocycles.